The third-order valence-electron chi connectivity index (χ3n) is 3.58. The Kier molecular flexibility index (Phi) is 6.84. The van der Waals surface area contributed by atoms with Crippen molar-refractivity contribution in [3.05, 3.63) is 47.3 Å². The highest BCUT2D eigenvalue weighted by atomic mass is 32.1. The molecule has 138 valence electrons. The highest BCUT2D eigenvalue weighted by Crippen LogP contribution is 2.24. The van der Waals surface area contributed by atoms with E-state index in [-0.39, 0.29) is 11.8 Å². The molecule has 1 aliphatic rings. The van der Waals surface area contributed by atoms with Crippen molar-refractivity contribution in [1.29, 1.82) is 0 Å². The summed E-state index contributed by atoms with van der Waals surface area (Å²) in [7, 11) is 0. The molecule has 0 saturated heterocycles. The average Bonchev–Trinajstić information content (AvgIpc) is 3.00. The number of nitrogens with one attached hydrogen (secondary N) is 1. The van der Waals surface area contributed by atoms with E-state index in [2.05, 4.69) is 34.1 Å². The first-order valence-electron chi connectivity index (χ1n) is 7.70. The van der Waals surface area contributed by atoms with E-state index in [0.717, 1.165) is 30.0 Å². The number of amidine groups is 1. The average molecular weight is 382 g/mol. The minimum atomic E-state index is -0.801. The molecule has 7 nitrogen and oxygen atoms in total. The van der Waals surface area contributed by atoms with Gasteiger partial charge in [-0.25, -0.2) is 13.8 Å². The maximum atomic E-state index is 13.6. The van der Waals surface area contributed by atoms with E-state index in [9.17, 15) is 8.78 Å². The molecule has 1 atom stereocenters. The highest BCUT2D eigenvalue weighted by Gasteiger charge is 2.20. The number of hydrogen-bond acceptors (Lipinski definition) is 7. The van der Waals surface area contributed by atoms with Gasteiger partial charge in [-0.3, -0.25) is 4.99 Å². The van der Waals surface area contributed by atoms with E-state index in [1.165, 1.54) is 6.07 Å². The van der Waals surface area contributed by atoms with Crippen molar-refractivity contribution in [2.45, 2.75) is 32.9 Å². The zero-order valence-electron chi connectivity index (χ0n) is 14.0. The molecular weight excluding hydrogens is 366 g/mol. The third kappa shape index (κ3) is 4.88. The smallest absolute Gasteiger partial charge is 0.335 e. The van der Waals surface area contributed by atoms with Gasteiger partial charge in [0.15, 0.2) is 11.6 Å². The normalized spacial score (nSPS) is 13.0. The van der Waals surface area contributed by atoms with E-state index in [1.807, 2.05) is 0 Å². The number of halogens is 2. The molecule has 0 fully saturated rings. The van der Waals surface area contributed by atoms with Crippen molar-refractivity contribution < 1.29 is 21.9 Å². The number of hydrogen-bond donors (Lipinski definition) is 1. The van der Waals surface area contributed by atoms with Gasteiger partial charge in [0, 0.05) is 18.3 Å². The predicted molar refractivity (Wildman–Crippen MR) is 90.5 cm³/mol. The van der Waals surface area contributed by atoms with Crippen LogP contribution in [0.5, 0.6) is 11.8 Å². The molecule has 1 N–H and O–H groups in total. The van der Waals surface area contributed by atoms with E-state index in [0.29, 0.717) is 18.3 Å². The second-order valence-corrected chi connectivity index (χ2v) is 5.51. The zero-order valence-corrected chi connectivity index (χ0v) is 14.8. The Bertz CT molecular complexity index is 857. The Morgan fingerprint density at radius 3 is 2.73 bits per heavy atom. The summed E-state index contributed by atoms with van der Waals surface area (Å²) in [6.45, 7) is 4.56. The minimum Gasteiger partial charge on any atom is -0.421 e. The summed E-state index contributed by atoms with van der Waals surface area (Å²) in [6, 6.07) is 3.37. The molecule has 0 bridgehead atoms. The molecule has 26 heavy (non-hydrogen) atoms. The molecular formula is C16H16F2N4O3S. The molecule has 0 amide bonds. The second kappa shape index (κ2) is 9.09. The van der Waals surface area contributed by atoms with Gasteiger partial charge in [-0.2, -0.15) is 13.4 Å². The molecule has 0 spiro atoms. The molecule has 3 rings (SSSR count). The van der Waals surface area contributed by atoms with Gasteiger partial charge in [0.2, 0.25) is 0 Å². The van der Waals surface area contributed by atoms with Crippen LogP contribution in [0.25, 0.3) is 0 Å². The fourth-order valence-corrected chi connectivity index (χ4v) is 2.12. The lowest BCUT2D eigenvalue weighted by atomic mass is 10.2. The minimum absolute atomic E-state index is 0.00856. The number of rotatable bonds is 4. The molecule has 0 unspecified atom stereocenters. The Hall–Kier alpha value is -2.75. The van der Waals surface area contributed by atoms with Crippen LogP contribution in [-0.4, -0.2) is 30.3 Å². The van der Waals surface area contributed by atoms with E-state index in [1.54, 1.807) is 6.20 Å². The summed E-state index contributed by atoms with van der Waals surface area (Å²) in [5.74, 6) is -0.833. The molecule has 0 radical (unpaired) electrons. The van der Waals surface area contributed by atoms with Crippen LogP contribution in [0.4, 0.5) is 8.78 Å². The first kappa shape index (κ1) is 19.6. The van der Waals surface area contributed by atoms with Crippen LogP contribution in [0.2, 0.25) is 0 Å². The monoisotopic (exact) mass is 382 g/mol. The van der Waals surface area contributed by atoms with E-state index in [4.69, 9.17) is 13.2 Å². The summed E-state index contributed by atoms with van der Waals surface area (Å²) in [4.78, 5) is 12.7. The first-order valence-corrected chi connectivity index (χ1v) is 8.37. The van der Waals surface area contributed by atoms with E-state index >= 15 is 0 Å². The second-order valence-electron chi connectivity index (χ2n) is 5.38. The number of aliphatic imine (C=N–C) groups is 1. The standard InChI is InChI=1S/C16H16F2N4O.O2S/c1-3-9(2)21-15-11-7-20-16(22-13(11)8-19-15)23-14-5-4-10(17)6-12(14)18;1-3-2/h4-7,9H,3,8H2,1-2H3,(H,19,21);/t9-;/m1./s1. The maximum Gasteiger partial charge on any atom is 0.335 e. The number of aromatic nitrogens is 2. The fourth-order valence-electron chi connectivity index (χ4n) is 2.12. The Balaban J connectivity index is 0.000000758. The van der Waals surface area contributed by atoms with Crippen LogP contribution in [0.3, 0.4) is 0 Å². The summed E-state index contributed by atoms with van der Waals surface area (Å²) >= 11 is -0.750. The molecule has 2 heterocycles. The summed E-state index contributed by atoms with van der Waals surface area (Å²) < 4.78 is 48.4. The van der Waals surface area contributed by atoms with Gasteiger partial charge in [0.05, 0.1) is 17.8 Å². The predicted octanol–water partition coefficient (Wildman–Crippen LogP) is 2.53. The summed E-state index contributed by atoms with van der Waals surface area (Å²) in [5.41, 5.74) is 1.53. The topological polar surface area (TPSA) is 93.5 Å². The van der Waals surface area contributed by atoms with E-state index < -0.39 is 23.2 Å². The van der Waals surface area contributed by atoms with Crippen LogP contribution in [-0.2, 0) is 18.1 Å². The van der Waals surface area contributed by atoms with Crippen LogP contribution in [0.1, 0.15) is 31.5 Å². The van der Waals surface area contributed by atoms with Crippen molar-refractivity contribution in [2.24, 2.45) is 4.99 Å². The van der Waals surface area contributed by atoms with Crippen molar-refractivity contribution in [3.8, 4) is 11.8 Å². The van der Waals surface area contributed by atoms with Crippen molar-refractivity contribution in [1.82, 2.24) is 15.3 Å². The zero-order chi connectivity index (χ0) is 19.1. The van der Waals surface area contributed by atoms with Crippen LogP contribution < -0.4 is 10.1 Å². The van der Waals surface area contributed by atoms with Gasteiger partial charge in [0.1, 0.15) is 11.7 Å². The summed E-state index contributed by atoms with van der Waals surface area (Å²) in [5, 5.41) is 3.30. The Morgan fingerprint density at radius 1 is 1.35 bits per heavy atom. The van der Waals surface area contributed by atoms with Crippen LogP contribution in [0.15, 0.2) is 29.4 Å². The van der Waals surface area contributed by atoms with Gasteiger partial charge in [-0.1, -0.05) is 6.92 Å². The molecule has 1 aromatic heterocycles. The number of benzene rings is 1. The molecule has 10 heteroatoms. The lowest BCUT2D eigenvalue weighted by Gasteiger charge is -2.13. The number of ether oxygens (including phenoxy) is 1. The molecule has 2 aromatic rings. The molecule has 0 saturated carbocycles. The largest absolute Gasteiger partial charge is 0.421 e. The van der Waals surface area contributed by atoms with Crippen molar-refractivity contribution in [2.75, 3.05) is 0 Å². The number of fused-ring (bicyclic) bond motifs is 1. The van der Waals surface area contributed by atoms with Gasteiger partial charge in [-0.15, -0.1) is 0 Å². The SMILES string of the molecule is CC[C@@H](C)NC1=NCc2nc(Oc3ccc(F)cc3F)ncc21.O=S=O. The van der Waals surface area contributed by atoms with Gasteiger partial charge in [-0.05, 0) is 25.5 Å². The molecule has 0 aliphatic carbocycles. The molecule has 1 aromatic carbocycles. The van der Waals surface area contributed by atoms with Crippen LogP contribution in [0, 0.1) is 11.6 Å². The maximum absolute atomic E-state index is 13.6. The summed E-state index contributed by atoms with van der Waals surface area (Å²) in [6.07, 6.45) is 2.57. The Labute approximate surface area is 152 Å². The third-order valence-corrected chi connectivity index (χ3v) is 3.58. The lowest BCUT2D eigenvalue weighted by Crippen LogP contribution is -2.32. The van der Waals surface area contributed by atoms with Crippen molar-refractivity contribution >= 4 is 17.4 Å². The molecule has 1 aliphatic heterocycles. The lowest BCUT2D eigenvalue weighted by molar-refractivity contribution is 0.406. The fraction of sp³-hybridized carbons (Fsp3) is 0.312. The Morgan fingerprint density at radius 2 is 2.08 bits per heavy atom. The van der Waals surface area contributed by atoms with Gasteiger partial charge in [0.25, 0.3) is 0 Å². The number of nitrogens with zero attached hydrogens (tertiary/aromatic N) is 3. The van der Waals surface area contributed by atoms with Crippen molar-refractivity contribution in [3.63, 3.8) is 0 Å². The first-order chi connectivity index (χ1) is 12.5. The van der Waals surface area contributed by atoms with Gasteiger partial charge < -0.3 is 10.1 Å². The van der Waals surface area contributed by atoms with Crippen LogP contribution >= 0.6 is 0 Å². The van der Waals surface area contributed by atoms with Gasteiger partial charge >= 0.3 is 17.6 Å². The highest BCUT2D eigenvalue weighted by molar-refractivity contribution is 7.51. The quantitative estimate of drug-likeness (QED) is 0.873.